The highest BCUT2D eigenvalue weighted by atomic mass is 32.1. The maximum atomic E-state index is 4.13. The van der Waals surface area contributed by atoms with Gasteiger partial charge in [-0.15, -0.1) is 11.3 Å². The van der Waals surface area contributed by atoms with Crippen LogP contribution in [0.5, 0.6) is 0 Å². The summed E-state index contributed by atoms with van der Waals surface area (Å²) in [7, 11) is 0. The summed E-state index contributed by atoms with van der Waals surface area (Å²) in [5.74, 6) is 0. The molecule has 2 unspecified atom stereocenters. The summed E-state index contributed by atoms with van der Waals surface area (Å²) in [6.45, 7) is 7.89. The Kier molecular flexibility index (Phi) is 3.15. The van der Waals surface area contributed by atoms with Gasteiger partial charge in [0.05, 0.1) is 5.51 Å². The number of nitrogens with zero attached hydrogens (tertiary/aromatic N) is 2. The molecule has 1 N–H and O–H groups in total. The van der Waals surface area contributed by atoms with Gasteiger partial charge in [-0.25, -0.2) is 0 Å². The summed E-state index contributed by atoms with van der Waals surface area (Å²) in [5, 5.41) is 3.46. The second-order valence-corrected chi connectivity index (χ2v) is 4.85. The Morgan fingerprint density at radius 3 is 3.21 bits per heavy atom. The van der Waals surface area contributed by atoms with Crippen molar-refractivity contribution in [1.29, 1.82) is 0 Å². The average molecular weight is 211 g/mol. The third-order valence-electron chi connectivity index (χ3n) is 2.81. The lowest BCUT2D eigenvalue weighted by Crippen LogP contribution is -2.49. The zero-order valence-electron chi connectivity index (χ0n) is 8.73. The van der Waals surface area contributed by atoms with E-state index in [1.807, 2.05) is 11.7 Å². The van der Waals surface area contributed by atoms with Crippen molar-refractivity contribution in [3.05, 3.63) is 16.6 Å². The average Bonchev–Trinajstić information content (AvgIpc) is 2.69. The van der Waals surface area contributed by atoms with Crippen molar-refractivity contribution in [2.24, 2.45) is 0 Å². The number of piperazine rings is 1. The van der Waals surface area contributed by atoms with E-state index < -0.39 is 0 Å². The minimum atomic E-state index is 0.520. The molecule has 1 aromatic rings. The van der Waals surface area contributed by atoms with Crippen molar-refractivity contribution in [2.45, 2.75) is 25.9 Å². The third-order valence-corrected chi connectivity index (χ3v) is 3.76. The van der Waals surface area contributed by atoms with Gasteiger partial charge in [-0.1, -0.05) is 0 Å². The van der Waals surface area contributed by atoms with E-state index in [9.17, 15) is 0 Å². The molecule has 1 aliphatic heterocycles. The van der Waals surface area contributed by atoms with Crippen molar-refractivity contribution in [2.75, 3.05) is 19.6 Å². The van der Waals surface area contributed by atoms with Crippen molar-refractivity contribution < 1.29 is 0 Å². The number of hydrogen-bond acceptors (Lipinski definition) is 4. The van der Waals surface area contributed by atoms with Gasteiger partial charge in [-0.05, 0) is 13.8 Å². The fourth-order valence-electron chi connectivity index (χ4n) is 1.93. The van der Waals surface area contributed by atoms with Crippen molar-refractivity contribution in [3.63, 3.8) is 0 Å². The van der Waals surface area contributed by atoms with Crippen LogP contribution in [0.25, 0.3) is 0 Å². The van der Waals surface area contributed by atoms with Crippen molar-refractivity contribution >= 4 is 11.3 Å². The largest absolute Gasteiger partial charge is 0.312 e. The Bertz CT molecular complexity index is 273. The number of hydrogen-bond donors (Lipinski definition) is 1. The maximum Gasteiger partial charge on any atom is 0.0794 e. The number of nitrogens with one attached hydrogen (secondary N) is 1. The Morgan fingerprint density at radius 1 is 1.71 bits per heavy atom. The molecule has 0 aromatic carbocycles. The lowest BCUT2D eigenvalue weighted by atomic mass is 10.1. The first-order valence-electron chi connectivity index (χ1n) is 5.13. The molecule has 4 heteroatoms. The van der Waals surface area contributed by atoms with E-state index in [0.717, 1.165) is 19.6 Å². The zero-order chi connectivity index (χ0) is 9.97. The first kappa shape index (κ1) is 10.1. The monoisotopic (exact) mass is 211 g/mol. The van der Waals surface area contributed by atoms with E-state index in [-0.39, 0.29) is 0 Å². The molecule has 0 bridgehead atoms. The lowest BCUT2D eigenvalue weighted by molar-refractivity contribution is 0.160. The first-order chi connectivity index (χ1) is 6.77. The summed E-state index contributed by atoms with van der Waals surface area (Å²) >= 11 is 1.75. The molecule has 0 aliphatic carbocycles. The SMILES string of the molecule is CC1CN(C(C)c2cncs2)CCN1. The van der Waals surface area contributed by atoms with Crippen LogP contribution in [-0.2, 0) is 0 Å². The summed E-state index contributed by atoms with van der Waals surface area (Å²) < 4.78 is 0. The molecule has 1 fully saturated rings. The summed E-state index contributed by atoms with van der Waals surface area (Å²) in [6, 6.07) is 1.13. The van der Waals surface area contributed by atoms with E-state index in [4.69, 9.17) is 0 Å². The van der Waals surface area contributed by atoms with E-state index in [2.05, 4.69) is 29.0 Å². The molecule has 1 saturated heterocycles. The first-order valence-corrected chi connectivity index (χ1v) is 6.01. The van der Waals surface area contributed by atoms with Crippen LogP contribution in [0.2, 0.25) is 0 Å². The molecule has 78 valence electrons. The molecule has 3 nitrogen and oxygen atoms in total. The Hall–Kier alpha value is -0.450. The highest BCUT2D eigenvalue weighted by Gasteiger charge is 2.21. The maximum absolute atomic E-state index is 4.13. The van der Waals surface area contributed by atoms with Gasteiger partial charge in [0.1, 0.15) is 0 Å². The van der Waals surface area contributed by atoms with Crippen molar-refractivity contribution in [1.82, 2.24) is 15.2 Å². The topological polar surface area (TPSA) is 28.2 Å². The van der Waals surface area contributed by atoms with Gasteiger partial charge in [0.15, 0.2) is 0 Å². The molecular formula is C10H17N3S. The minimum Gasteiger partial charge on any atom is -0.312 e. The van der Waals surface area contributed by atoms with Gasteiger partial charge in [-0.3, -0.25) is 9.88 Å². The van der Waals surface area contributed by atoms with E-state index in [1.165, 1.54) is 4.88 Å². The lowest BCUT2D eigenvalue weighted by Gasteiger charge is -2.35. The molecule has 1 aliphatic rings. The van der Waals surface area contributed by atoms with Crippen molar-refractivity contribution in [3.8, 4) is 0 Å². The molecule has 2 rings (SSSR count). The van der Waals surface area contributed by atoms with Crippen LogP contribution in [0, 0.1) is 0 Å². The number of thiazole rings is 1. The highest BCUT2D eigenvalue weighted by molar-refractivity contribution is 7.09. The van der Waals surface area contributed by atoms with Crippen LogP contribution in [-0.4, -0.2) is 35.6 Å². The molecule has 2 heterocycles. The van der Waals surface area contributed by atoms with Gasteiger partial charge in [0, 0.05) is 42.8 Å². The van der Waals surface area contributed by atoms with E-state index in [0.29, 0.717) is 12.1 Å². The molecule has 0 amide bonds. The van der Waals surface area contributed by atoms with Crippen LogP contribution in [0.1, 0.15) is 24.8 Å². The third kappa shape index (κ3) is 2.13. The fraction of sp³-hybridized carbons (Fsp3) is 0.700. The van der Waals surface area contributed by atoms with Gasteiger partial charge < -0.3 is 5.32 Å². The van der Waals surface area contributed by atoms with Crippen LogP contribution >= 0.6 is 11.3 Å². The van der Waals surface area contributed by atoms with Gasteiger partial charge in [0.2, 0.25) is 0 Å². The molecule has 14 heavy (non-hydrogen) atoms. The molecule has 1 aromatic heterocycles. The summed E-state index contributed by atoms with van der Waals surface area (Å²) in [5.41, 5.74) is 1.91. The Morgan fingerprint density at radius 2 is 2.57 bits per heavy atom. The predicted octanol–water partition coefficient (Wildman–Crippen LogP) is 1.50. The zero-order valence-corrected chi connectivity index (χ0v) is 9.55. The van der Waals surface area contributed by atoms with Gasteiger partial charge >= 0.3 is 0 Å². The fourth-order valence-corrected chi connectivity index (χ4v) is 2.64. The Labute approximate surface area is 89.1 Å². The number of aromatic nitrogens is 1. The second kappa shape index (κ2) is 4.38. The summed E-state index contributed by atoms with van der Waals surface area (Å²) in [4.78, 5) is 8.03. The molecule has 2 atom stereocenters. The van der Waals surface area contributed by atoms with Crippen LogP contribution in [0.4, 0.5) is 0 Å². The van der Waals surface area contributed by atoms with E-state index >= 15 is 0 Å². The van der Waals surface area contributed by atoms with Crippen LogP contribution < -0.4 is 5.32 Å². The Balaban J connectivity index is 2.00. The minimum absolute atomic E-state index is 0.520. The normalized spacial score (nSPS) is 26.3. The van der Waals surface area contributed by atoms with Gasteiger partial charge in [0.25, 0.3) is 0 Å². The highest BCUT2D eigenvalue weighted by Crippen LogP contribution is 2.23. The van der Waals surface area contributed by atoms with Gasteiger partial charge in [-0.2, -0.15) is 0 Å². The van der Waals surface area contributed by atoms with Crippen LogP contribution in [0.15, 0.2) is 11.7 Å². The molecule has 0 radical (unpaired) electrons. The van der Waals surface area contributed by atoms with E-state index in [1.54, 1.807) is 11.3 Å². The standard InChI is InChI=1S/C10H17N3S/c1-8-6-13(4-3-12-8)9(2)10-5-11-7-14-10/h5,7-9,12H,3-4,6H2,1-2H3. The molecule has 0 spiro atoms. The second-order valence-electron chi connectivity index (χ2n) is 3.93. The summed E-state index contributed by atoms with van der Waals surface area (Å²) in [6.07, 6.45) is 1.99. The predicted molar refractivity (Wildman–Crippen MR) is 59.6 cm³/mol. The van der Waals surface area contributed by atoms with Crippen LogP contribution in [0.3, 0.4) is 0 Å². The molecule has 0 saturated carbocycles. The molecular weight excluding hydrogens is 194 g/mol. The quantitative estimate of drug-likeness (QED) is 0.803. The number of rotatable bonds is 2. The smallest absolute Gasteiger partial charge is 0.0794 e.